The molecule has 1 aromatic heterocycles. The third-order valence-electron chi connectivity index (χ3n) is 7.94. The molecule has 236 valence electrons. The maximum Gasteiger partial charge on any atom is 0.306 e. The lowest BCUT2D eigenvalue weighted by Gasteiger charge is -2.38. The van der Waals surface area contributed by atoms with Gasteiger partial charge in [-0.15, -0.1) is 0 Å². The summed E-state index contributed by atoms with van der Waals surface area (Å²) in [6, 6.07) is 16.1. The topological polar surface area (TPSA) is 112 Å². The monoisotopic (exact) mass is 601 g/mol. The van der Waals surface area contributed by atoms with Crippen LogP contribution in [0.3, 0.4) is 0 Å². The van der Waals surface area contributed by atoms with E-state index in [1.807, 2.05) is 95.5 Å². The maximum atomic E-state index is 11.8. The van der Waals surface area contributed by atoms with Crippen LogP contribution in [0.5, 0.6) is 11.5 Å². The molecule has 0 spiro atoms. The number of nitrogens with zero attached hydrogens (tertiary/aromatic N) is 3. The Morgan fingerprint density at radius 3 is 1.93 bits per heavy atom. The van der Waals surface area contributed by atoms with Crippen LogP contribution in [-0.2, 0) is 9.53 Å². The molecule has 0 bridgehead atoms. The lowest BCUT2D eigenvalue weighted by Crippen LogP contribution is -2.54. The summed E-state index contributed by atoms with van der Waals surface area (Å²) < 4.78 is 17.1. The van der Waals surface area contributed by atoms with E-state index in [4.69, 9.17) is 19.9 Å². The molecule has 3 fully saturated rings. The number of nitrogens with two attached hydrogens (primary N) is 1. The lowest BCUT2D eigenvalue weighted by molar-refractivity contribution is -0.155. The number of rotatable bonds is 10. The fourth-order valence-corrected chi connectivity index (χ4v) is 5.00. The quantitative estimate of drug-likeness (QED) is 0.290. The van der Waals surface area contributed by atoms with Gasteiger partial charge >= 0.3 is 5.97 Å². The second-order valence-corrected chi connectivity index (χ2v) is 13.3. The molecule has 6 rings (SSSR count). The first-order chi connectivity index (χ1) is 21.0. The molecule has 2 saturated heterocycles. The highest BCUT2D eigenvalue weighted by atomic mass is 16.6. The molecule has 1 saturated carbocycles. The number of hydrogen-bond acceptors (Lipinski definition) is 9. The van der Waals surface area contributed by atoms with Gasteiger partial charge in [-0.25, -0.2) is 9.97 Å². The predicted molar refractivity (Wildman–Crippen MR) is 172 cm³/mol. The normalized spacial score (nSPS) is 18.2. The highest BCUT2D eigenvalue weighted by Crippen LogP contribution is 2.39. The SMILES string of the molecule is C[C@H](CC(=O)OC(C)(C)C)c1ccc(OC2CNC2)cc1.C[C@H](N)c1ccc(OC2CN(c3ncc(C4CC4)cn3)C2)cc1. The zero-order valence-electron chi connectivity index (χ0n) is 26.7. The third-order valence-corrected chi connectivity index (χ3v) is 7.94. The molecule has 2 aromatic carbocycles. The van der Waals surface area contributed by atoms with Crippen molar-refractivity contribution in [2.24, 2.45) is 5.73 Å². The number of anilines is 1. The number of benzene rings is 2. The second-order valence-electron chi connectivity index (χ2n) is 13.3. The van der Waals surface area contributed by atoms with Crippen LogP contribution < -0.4 is 25.4 Å². The second kappa shape index (κ2) is 13.9. The van der Waals surface area contributed by atoms with Crippen LogP contribution in [0, 0.1) is 0 Å². The Kier molecular flexibility index (Phi) is 10.1. The standard InChI is InChI=1S/C18H22N4O.C17H25NO3/c1-12(19)13-4-6-16(7-5-13)23-17-10-22(11-17)18-20-8-15(9-21-18)14-2-3-14;1-12(9-16(19)21-17(2,3)4)13-5-7-14(8-6-13)20-15-10-18-11-15/h4-9,12,14,17H,2-3,10-11,19H2,1H3;5-8,12,15,18H,9-11H2,1-4H3/t2*12-/m01/s1. The van der Waals surface area contributed by atoms with Crippen LogP contribution in [0.1, 0.15) is 88.4 Å². The number of nitrogens with one attached hydrogen (secondary N) is 1. The van der Waals surface area contributed by atoms with Gasteiger partial charge in [0.05, 0.1) is 19.5 Å². The molecule has 0 radical (unpaired) electrons. The van der Waals surface area contributed by atoms with Gasteiger partial charge in [0.25, 0.3) is 0 Å². The number of hydrogen-bond donors (Lipinski definition) is 2. The van der Waals surface area contributed by atoms with Gasteiger partial charge in [0.1, 0.15) is 29.3 Å². The number of carbonyl (C=O) groups excluding carboxylic acids is 1. The van der Waals surface area contributed by atoms with Gasteiger partial charge in [-0.1, -0.05) is 31.2 Å². The van der Waals surface area contributed by atoms with Crippen LogP contribution in [0.15, 0.2) is 60.9 Å². The Hall–Kier alpha value is -3.69. The average molecular weight is 602 g/mol. The molecular weight excluding hydrogens is 554 g/mol. The average Bonchev–Trinajstić information content (AvgIpc) is 3.78. The van der Waals surface area contributed by atoms with Crippen LogP contribution in [-0.4, -0.2) is 59.9 Å². The summed E-state index contributed by atoms with van der Waals surface area (Å²) in [5.41, 5.74) is 8.95. The number of esters is 1. The fraction of sp³-hybridized carbons (Fsp3) is 0.514. The number of ether oxygens (including phenoxy) is 3. The van der Waals surface area contributed by atoms with Crippen molar-refractivity contribution in [1.29, 1.82) is 0 Å². The van der Waals surface area contributed by atoms with Crippen molar-refractivity contribution in [3.63, 3.8) is 0 Å². The Labute approximate surface area is 261 Å². The van der Waals surface area contributed by atoms with Gasteiger partial charge in [-0.05, 0) is 93.3 Å². The molecule has 3 aliphatic rings. The van der Waals surface area contributed by atoms with E-state index in [1.165, 1.54) is 18.4 Å². The lowest BCUT2D eigenvalue weighted by atomic mass is 9.98. The van der Waals surface area contributed by atoms with Crippen LogP contribution in [0.4, 0.5) is 5.95 Å². The van der Waals surface area contributed by atoms with Gasteiger partial charge in [0.15, 0.2) is 0 Å². The first kappa shape index (κ1) is 31.7. The minimum absolute atomic E-state index is 0.0546. The Bertz CT molecular complexity index is 1340. The molecule has 9 heteroatoms. The molecule has 0 unspecified atom stereocenters. The molecule has 2 atom stereocenters. The van der Waals surface area contributed by atoms with Crippen LogP contribution in [0.2, 0.25) is 0 Å². The predicted octanol–water partition coefficient (Wildman–Crippen LogP) is 5.51. The molecule has 3 aromatic rings. The van der Waals surface area contributed by atoms with Crippen molar-refractivity contribution in [2.45, 2.75) is 89.6 Å². The molecule has 3 N–H and O–H groups in total. The summed E-state index contributed by atoms with van der Waals surface area (Å²) >= 11 is 0. The fourth-order valence-electron chi connectivity index (χ4n) is 5.00. The van der Waals surface area contributed by atoms with E-state index >= 15 is 0 Å². The summed E-state index contributed by atoms with van der Waals surface area (Å²) in [6.07, 6.45) is 7.39. The highest BCUT2D eigenvalue weighted by molar-refractivity contribution is 5.71. The van der Waals surface area contributed by atoms with Crippen molar-refractivity contribution >= 4 is 11.9 Å². The molecular formula is C35H47N5O4. The van der Waals surface area contributed by atoms with Gasteiger partial charge in [-0.3, -0.25) is 4.79 Å². The van der Waals surface area contributed by atoms with E-state index < -0.39 is 5.60 Å². The molecule has 1 aliphatic carbocycles. The summed E-state index contributed by atoms with van der Waals surface area (Å²) in [5, 5.41) is 3.17. The van der Waals surface area contributed by atoms with E-state index in [2.05, 4.69) is 20.2 Å². The van der Waals surface area contributed by atoms with Crippen molar-refractivity contribution in [2.75, 3.05) is 31.1 Å². The van der Waals surface area contributed by atoms with Crippen LogP contribution >= 0.6 is 0 Å². The maximum absolute atomic E-state index is 11.8. The molecule has 0 amide bonds. The highest BCUT2D eigenvalue weighted by Gasteiger charge is 2.31. The number of aromatic nitrogens is 2. The largest absolute Gasteiger partial charge is 0.488 e. The molecule has 9 nitrogen and oxygen atoms in total. The minimum atomic E-state index is -0.425. The smallest absolute Gasteiger partial charge is 0.306 e. The molecule has 2 aliphatic heterocycles. The molecule has 3 heterocycles. The van der Waals surface area contributed by atoms with Gasteiger partial charge in [-0.2, -0.15) is 0 Å². The summed E-state index contributed by atoms with van der Waals surface area (Å²) in [5.74, 6) is 3.27. The summed E-state index contributed by atoms with van der Waals surface area (Å²) in [6.45, 7) is 13.2. The first-order valence-electron chi connectivity index (χ1n) is 15.8. The van der Waals surface area contributed by atoms with E-state index in [0.29, 0.717) is 12.3 Å². The van der Waals surface area contributed by atoms with E-state index in [0.717, 1.165) is 54.8 Å². The van der Waals surface area contributed by atoms with E-state index in [-0.39, 0.29) is 30.1 Å². The van der Waals surface area contributed by atoms with Crippen molar-refractivity contribution in [3.05, 3.63) is 77.6 Å². The Balaban J connectivity index is 0.000000176. The minimum Gasteiger partial charge on any atom is -0.488 e. The zero-order valence-corrected chi connectivity index (χ0v) is 26.7. The van der Waals surface area contributed by atoms with E-state index in [1.54, 1.807) is 0 Å². The number of carbonyl (C=O) groups is 1. The first-order valence-corrected chi connectivity index (χ1v) is 15.8. The summed E-state index contributed by atoms with van der Waals surface area (Å²) in [4.78, 5) is 23.0. The van der Waals surface area contributed by atoms with Gasteiger partial charge in [0, 0.05) is 31.5 Å². The van der Waals surface area contributed by atoms with Gasteiger partial charge in [0.2, 0.25) is 5.95 Å². The molecule has 44 heavy (non-hydrogen) atoms. The third kappa shape index (κ3) is 9.16. The zero-order chi connectivity index (χ0) is 31.3. The van der Waals surface area contributed by atoms with Crippen molar-refractivity contribution in [1.82, 2.24) is 15.3 Å². The van der Waals surface area contributed by atoms with Crippen LogP contribution in [0.25, 0.3) is 0 Å². The summed E-state index contributed by atoms with van der Waals surface area (Å²) in [7, 11) is 0. The van der Waals surface area contributed by atoms with E-state index in [9.17, 15) is 4.79 Å². The van der Waals surface area contributed by atoms with Crippen molar-refractivity contribution in [3.8, 4) is 11.5 Å². The Morgan fingerprint density at radius 2 is 1.45 bits per heavy atom. The van der Waals surface area contributed by atoms with Crippen molar-refractivity contribution < 1.29 is 19.0 Å². The van der Waals surface area contributed by atoms with Gasteiger partial charge < -0.3 is 30.2 Å². The Morgan fingerprint density at radius 1 is 0.909 bits per heavy atom.